The summed E-state index contributed by atoms with van der Waals surface area (Å²) in [6.07, 6.45) is -0.117. The summed E-state index contributed by atoms with van der Waals surface area (Å²) in [5, 5.41) is 5.44. The van der Waals surface area contributed by atoms with Crippen LogP contribution in [0, 0.1) is 5.41 Å². The lowest BCUT2D eigenvalue weighted by molar-refractivity contribution is -0.144. The molecule has 7 nitrogen and oxygen atoms in total. The third-order valence-electron chi connectivity index (χ3n) is 3.08. The second kappa shape index (κ2) is 6.84. The molecule has 0 bridgehead atoms. The van der Waals surface area contributed by atoms with Crippen LogP contribution in [0.25, 0.3) is 0 Å². The Morgan fingerprint density at radius 1 is 1.48 bits per heavy atom. The van der Waals surface area contributed by atoms with Gasteiger partial charge >= 0.3 is 5.97 Å². The second-order valence-corrected chi connectivity index (χ2v) is 6.18. The van der Waals surface area contributed by atoms with Crippen molar-refractivity contribution in [1.82, 2.24) is 15.5 Å². The molecule has 0 spiro atoms. The highest BCUT2D eigenvalue weighted by atomic mass is 32.1. The summed E-state index contributed by atoms with van der Waals surface area (Å²) in [6, 6.07) is -0.765. The molecule has 0 saturated carbocycles. The van der Waals surface area contributed by atoms with Crippen LogP contribution in [0.1, 0.15) is 27.2 Å². The van der Waals surface area contributed by atoms with Gasteiger partial charge in [-0.25, -0.2) is 0 Å². The Labute approximate surface area is 129 Å². The number of nitrogens with zero attached hydrogens (tertiary/aromatic N) is 1. The summed E-state index contributed by atoms with van der Waals surface area (Å²) in [7, 11) is 1.26. The average molecular weight is 315 g/mol. The Morgan fingerprint density at radius 2 is 2.10 bits per heavy atom. The molecule has 0 aromatic rings. The lowest BCUT2D eigenvalue weighted by atomic mass is 9.96. The molecule has 1 heterocycles. The topological polar surface area (TPSA) is 87.7 Å². The zero-order valence-electron chi connectivity index (χ0n) is 12.7. The number of methoxy groups -OCH3 is 1. The molecule has 1 unspecified atom stereocenters. The van der Waals surface area contributed by atoms with E-state index in [2.05, 4.69) is 15.4 Å². The van der Waals surface area contributed by atoms with Crippen molar-refractivity contribution in [3.8, 4) is 0 Å². The summed E-state index contributed by atoms with van der Waals surface area (Å²) < 4.78 is 4.59. The summed E-state index contributed by atoms with van der Waals surface area (Å²) >= 11 is 5.20. The van der Waals surface area contributed by atoms with Gasteiger partial charge in [-0.3, -0.25) is 14.4 Å². The number of ether oxygens (including phenoxy) is 1. The maximum atomic E-state index is 12.0. The molecule has 0 aromatic heterocycles. The zero-order chi connectivity index (χ0) is 16.2. The SMILES string of the molecule is COC(=O)CC1C(=O)NCCN1C(=S)NC(=O)C(C)(C)C. The van der Waals surface area contributed by atoms with E-state index in [1.807, 2.05) is 0 Å². The fourth-order valence-corrected chi connectivity index (χ4v) is 2.07. The molecule has 1 atom stereocenters. The van der Waals surface area contributed by atoms with E-state index in [9.17, 15) is 14.4 Å². The Balaban J connectivity index is 2.81. The number of thiocarbonyl (C=S) groups is 1. The Hall–Kier alpha value is -1.70. The van der Waals surface area contributed by atoms with Crippen LogP contribution in [0.5, 0.6) is 0 Å². The van der Waals surface area contributed by atoms with Gasteiger partial charge in [0.05, 0.1) is 13.5 Å². The van der Waals surface area contributed by atoms with Crippen LogP contribution in [0.3, 0.4) is 0 Å². The minimum atomic E-state index is -0.765. The largest absolute Gasteiger partial charge is 0.469 e. The molecular weight excluding hydrogens is 294 g/mol. The van der Waals surface area contributed by atoms with Gasteiger partial charge in [0.1, 0.15) is 6.04 Å². The Morgan fingerprint density at radius 3 is 2.62 bits per heavy atom. The number of piperazine rings is 1. The number of rotatable bonds is 2. The molecule has 0 aromatic carbocycles. The van der Waals surface area contributed by atoms with Crippen molar-refractivity contribution in [2.75, 3.05) is 20.2 Å². The fourth-order valence-electron chi connectivity index (χ4n) is 1.76. The van der Waals surface area contributed by atoms with Gasteiger partial charge < -0.3 is 20.3 Å². The van der Waals surface area contributed by atoms with Crippen LogP contribution >= 0.6 is 12.2 Å². The summed E-state index contributed by atoms with van der Waals surface area (Å²) in [4.78, 5) is 36.8. The van der Waals surface area contributed by atoms with Crippen LogP contribution in [-0.4, -0.2) is 54.0 Å². The average Bonchev–Trinajstić information content (AvgIpc) is 2.39. The van der Waals surface area contributed by atoms with Crippen LogP contribution in [0.15, 0.2) is 0 Å². The number of hydrogen-bond acceptors (Lipinski definition) is 5. The maximum absolute atomic E-state index is 12.0. The summed E-state index contributed by atoms with van der Waals surface area (Å²) in [5.74, 6) is -1.05. The number of carbonyl (C=O) groups excluding carboxylic acids is 3. The molecule has 1 saturated heterocycles. The molecule has 1 fully saturated rings. The van der Waals surface area contributed by atoms with Gasteiger partial charge in [-0.05, 0) is 12.2 Å². The minimum Gasteiger partial charge on any atom is -0.469 e. The highest BCUT2D eigenvalue weighted by molar-refractivity contribution is 7.80. The van der Waals surface area contributed by atoms with Gasteiger partial charge in [-0.2, -0.15) is 0 Å². The number of nitrogens with one attached hydrogen (secondary N) is 2. The van der Waals surface area contributed by atoms with Crippen LogP contribution in [0.2, 0.25) is 0 Å². The van der Waals surface area contributed by atoms with Crippen LogP contribution in [0.4, 0.5) is 0 Å². The molecular formula is C13H21N3O4S. The second-order valence-electron chi connectivity index (χ2n) is 5.79. The molecule has 1 aliphatic rings. The molecule has 8 heteroatoms. The van der Waals surface area contributed by atoms with Gasteiger partial charge in [-0.1, -0.05) is 20.8 Å². The Bertz CT molecular complexity index is 459. The third-order valence-corrected chi connectivity index (χ3v) is 3.42. The van der Waals surface area contributed by atoms with Gasteiger partial charge in [-0.15, -0.1) is 0 Å². The predicted octanol–water partition coefficient (Wildman–Crippen LogP) is -0.203. The lowest BCUT2D eigenvalue weighted by Crippen LogP contribution is -2.61. The summed E-state index contributed by atoms with van der Waals surface area (Å²) in [6.45, 7) is 6.12. The van der Waals surface area contributed by atoms with Crippen molar-refractivity contribution in [2.45, 2.75) is 33.2 Å². The van der Waals surface area contributed by atoms with Crippen molar-refractivity contribution in [3.05, 3.63) is 0 Å². The van der Waals surface area contributed by atoms with Crippen LogP contribution in [-0.2, 0) is 19.1 Å². The van der Waals surface area contributed by atoms with E-state index in [4.69, 9.17) is 12.2 Å². The van der Waals surface area contributed by atoms with Crippen molar-refractivity contribution in [3.63, 3.8) is 0 Å². The van der Waals surface area contributed by atoms with Crippen molar-refractivity contribution in [2.24, 2.45) is 5.41 Å². The maximum Gasteiger partial charge on any atom is 0.308 e. The molecule has 1 aliphatic heterocycles. The molecule has 2 N–H and O–H groups in total. The zero-order valence-corrected chi connectivity index (χ0v) is 13.5. The highest BCUT2D eigenvalue weighted by Crippen LogP contribution is 2.14. The van der Waals surface area contributed by atoms with E-state index in [1.165, 1.54) is 7.11 Å². The van der Waals surface area contributed by atoms with Gasteiger partial charge in [0.15, 0.2) is 5.11 Å². The van der Waals surface area contributed by atoms with E-state index in [0.717, 1.165) is 0 Å². The quantitative estimate of drug-likeness (QED) is 0.542. The Kier molecular flexibility index (Phi) is 5.65. The van der Waals surface area contributed by atoms with E-state index < -0.39 is 17.4 Å². The first-order valence-corrected chi connectivity index (χ1v) is 7.04. The molecule has 21 heavy (non-hydrogen) atoms. The number of esters is 1. The number of carbonyl (C=O) groups is 3. The first-order chi connectivity index (χ1) is 9.66. The molecule has 118 valence electrons. The smallest absolute Gasteiger partial charge is 0.308 e. The molecule has 0 aliphatic carbocycles. The first kappa shape index (κ1) is 17.4. The molecule has 1 rings (SSSR count). The van der Waals surface area contributed by atoms with Gasteiger partial charge in [0.2, 0.25) is 11.8 Å². The molecule has 2 amide bonds. The number of amides is 2. The van der Waals surface area contributed by atoms with Crippen LogP contribution < -0.4 is 10.6 Å². The van der Waals surface area contributed by atoms with Crippen molar-refractivity contribution < 1.29 is 19.1 Å². The predicted molar refractivity (Wildman–Crippen MR) is 80.3 cm³/mol. The first-order valence-electron chi connectivity index (χ1n) is 6.63. The van der Waals surface area contributed by atoms with Crippen molar-refractivity contribution >= 4 is 35.1 Å². The van der Waals surface area contributed by atoms with E-state index in [1.54, 1.807) is 25.7 Å². The number of hydrogen-bond donors (Lipinski definition) is 2. The minimum absolute atomic E-state index is 0.117. The standard InChI is InChI=1S/C13H21N3O4S/c1-13(2,3)11(19)15-12(21)16-6-5-14-10(18)8(16)7-9(17)20-4/h8H,5-7H2,1-4H3,(H,14,18)(H,15,19,21). The van der Waals surface area contributed by atoms with E-state index in [-0.39, 0.29) is 23.3 Å². The summed E-state index contributed by atoms with van der Waals surface area (Å²) in [5.41, 5.74) is -0.597. The lowest BCUT2D eigenvalue weighted by Gasteiger charge is -2.36. The van der Waals surface area contributed by atoms with Gasteiger partial charge in [0.25, 0.3) is 0 Å². The van der Waals surface area contributed by atoms with E-state index in [0.29, 0.717) is 13.1 Å². The monoisotopic (exact) mass is 315 g/mol. The normalized spacial score (nSPS) is 18.8. The fraction of sp³-hybridized carbons (Fsp3) is 0.692. The molecule has 0 radical (unpaired) electrons. The van der Waals surface area contributed by atoms with Gasteiger partial charge in [0, 0.05) is 18.5 Å². The third kappa shape index (κ3) is 4.66. The van der Waals surface area contributed by atoms with E-state index >= 15 is 0 Å². The highest BCUT2D eigenvalue weighted by Gasteiger charge is 2.34. The van der Waals surface area contributed by atoms with Crippen molar-refractivity contribution in [1.29, 1.82) is 0 Å².